The van der Waals surface area contributed by atoms with E-state index < -0.39 is 0 Å². The Morgan fingerprint density at radius 2 is 2.06 bits per heavy atom. The second kappa shape index (κ2) is 6.17. The molecule has 1 aliphatic heterocycles. The number of likely N-dealkylation sites (tertiary alicyclic amines) is 1. The first-order valence-corrected chi connectivity index (χ1v) is 6.95. The van der Waals surface area contributed by atoms with E-state index >= 15 is 0 Å². The molecule has 1 fully saturated rings. The van der Waals surface area contributed by atoms with Crippen LogP contribution in [0.5, 0.6) is 0 Å². The van der Waals surface area contributed by atoms with Gasteiger partial charge in [0.25, 0.3) is 0 Å². The van der Waals surface area contributed by atoms with Crippen molar-refractivity contribution in [2.75, 3.05) is 33.7 Å². The lowest BCUT2D eigenvalue weighted by Gasteiger charge is -2.30. The maximum absolute atomic E-state index is 6.20. The summed E-state index contributed by atoms with van der Waals surface area (Å²) in [4.78, 5) is 4.93. The van der Waals surface area contributed by atoms with Gasteiger partial charge in [0.2, 0.25) is 0 Å². The van der Waals surface area contributed by atoms with Crippen molar-refractivity contribution in [2.45, 2.75) is 52.1 Å². The summed E-state index contributed by atoms with van der Waals surface area (Å²) in [5.74, 6) is 0. The quantitative estimate of drug-likeness (QED) is 0.796. The Labute approximate surface area is 107 Å². The maximum atomic E-state index is 6.20. The van der Waals surface area contributed by atoms with E-state index in [1.807, 2.05) is 0 Å². The molecule has 0 saturated carbocycles. The average molecular weight is 241 g/mol. The monoisotopic (exact) mass is 241 g/mol. The molecule has 17 heavy (non-hydrogen) atoms. The van der Waals surface area contributed by atoms with Crippen molar-refractivity contribution in [3.05, 3.63) is 0 Å². The van der Waals surface area contributed by atoms with Gasteiger partial charge in [0.05, 0.1) is 0 Å². The van der Waals surface area contributed by atoms with Crippen molar-refractivity contribution in [1.29, 1.82) is 0 Å². The van der Waals surface area contributed by atoms with E-state index in [4.69, 9.17) is 5.73 Å². The molecule has 1 heterocycles. The molecule has 0 aromatic heterocycles. The summed E-state index contributed by atoms with van der Waals surface area (Å²) in [5.41, 5.74) is 6.42. The number of hydrogen-bond acceptors (Lipinski definition) is 3. The Balaban J connectivity index is 2.23. The standard InChI is InChI=1S/C14H31N3/c1-14(2,3)13(15)8-10-16(4)11-12-7-6-9-17(12)5/h12-13H,6-11,15H2,1-5H3. The number of nitrogens with two attached hydrogens (primary N) is 1. The van der Waals surface area contributed by atoms with Crippen LogP contribution in [-0.2, 0) is 0 Å². The molecule has 2 N–H and O–H groups in total. The summed E-state index contributed by atoms with van der Waals surface area (Å²) in [6.07, 6.45) is 3.80. The van der Waals surface area contributed by atoms with Gasteiger partial charge in [-0.25, -0.2) is 0 Å². The van der Waals surface area contributed by atoms with Crippen LogP contribution in [0.3, 0.4) is 0 Å². The van der Waals surface area contributed by atoms with E-state index in [9.17, 15) is 0 Å². The van der Waals surface area contributed by atoms with Crippen molar-refractivity contribution >= 4 is 0 Å². The van der Waals surface area contributed by atoms with E-state index in [2.05, 4.69) is 44.7 Å². The number of nitrogens with zero attached hydrogens (tertiary/aromatic N) is 2. The first-order valence-electron chi connectivity index (χ1n) is 6.95. The van der Waals surface area contributed by atoms with Gasteiger partial charge in [-0.1, -0.05) is 20.8 Å². The smallest absolute Gasteiger partial charge is 0.0220 e. The van der Waals surface area contributed by atoms with Gasteiger partial charge >= 0.3 is 0 Å². The third-order valence-corrected chi connectivity index (χ3v) is 4.13. The van der Waals surface area contributed by atoms with Crippen molar-refractivity contribution in [3.63, 3.8) is 0 Å². The highest BCUT2D eigenvalue weighted by atomic mass is 15.2. The highest BCUT2D eigenvalue weighted by Crippen LogP contribution is 2.20. The lowest BCUT2D eigenvalue weighted by atomic mass is 9.85. The molecular weight excluding hydrogens is 210 g/mol. The molecule has 3 heteroatoms. The summed E-state index contributed by atoms with van der Waals surface area (Å²) in [6.45, 7) is 10.2. The van der Waals surface area contributed by atoms with Crippen molar-refractivity contribution in [1.82, 2.24) is 9.80 Å². The summed E-state index contributed by atoms with van der Waals surface area (Å²) >= 11 is 0. The molecule has 0 bridgehead atoms. The molecule has 3 nitrogen and oxygen atoms in total. The molecule has 1 saturated heterocycles. The van der Waals surface area contributed by atoms with Crippen LogP contribution in [0, 0.1) is 5.41 Å². The first-order chi connectivity index (χ1) is 7.80. The second-order valence-corrected chi connectivity index (χ2v) is 6.80. The van der Waals surface area contributed by atoms with Crippen LogP contribution >= 0.6 is 0 Å². The fraction of sp³-hybridized carbons (Fsp3) is 1.00. The maximum Gasteiger partial charge on any atom is 0.0220 e. The second-order valence-electron chi connectivity index (χ2n) is 6.80. The summed E-state index contributed by atoms with van der Waals surface area (Å²) in [6, 6.07) is 1.05. The van der Waals surface area contributed by atoms with Crippen molar-refractivity contribution < 1.29 is 0 Å². The zero-order valence-corrected chi connectivity index (χ0v) is 12.4. The molecule has 2 atom stereocenters. The SMILES string of the molecule is CN(CCC(N)C(C)(C)C)CC1CCCN1C. The van der Waals surface area contributed by atoms with Gasteiger partial charge in [-0.2, -0.15) is 0 Å². The number of likely N-dealkylation sites (N-methyl/N-ethyl adjacent to an activating group) is 2. The summed E-state index contributed by atoms with van der Waals surface area (Å²) in [7, 11) is 4.47. The molecule has 1 rings (SSSR count). The summed E-state index contributed by atoms with van der Waals surface area (Å²) in [5, 5.41) is 0. The minimum absolute atomic E-state index is 0.227. The Morgan fingerprint density at radius 3 is 2.53 bits per heavy atom. The van der Waals surface area contributed by atoms with Crippen LogP contribution in [0.1, 0.15) is 40.0 Å². The lowest BCUT2D eigenvalue weighted by Crippen LogP contribution is -2.41. The largest absolute Gasteiger partial charge is 0.327 e. The van der Waals surface area contributed by atoms with E-state index in [-0.39, 0.29) is 5.41 Å². The zero-order valence-electron chi connectivity index (χ0n) is 12.4. The summed E-state index contributed by atoms with van der Waals surface area (Å²) < 4.78 is 0. The fourth-order valence-corrected chi connectivity index (χ4v) is 2.45. The van der Waals surface area contributed by atoms with E-state index in [0.29, 0.717) is 6.04 Å². The third-order valence-electron chi connectivity index (χ3n) is 4.13. The van der Waals surface area contributed by atoms with Gasteiger partial charge in [0.15, 0.2) is 0 Å². The molecule has 1 aliphatic rings. The third kappa shape index (κ3) is 4.94. The number of hydrogen-bond donors (Lipinski definition) is 1. The van der Waals surface area contributed by atoms with Gasteiger partial charge in [-0.05, 0) is 51.9 Å². The molecule has 2 unspecified atom stereocenters. The molecule has 0 aromatic rings. The van der Waals surface area contributed by atoms with Gasteiger partial charge in [-0.15, -0.1) is 0 Å². The Kier molecular flexibility index (Phi) is 5.42. The molecule has 0 radical (unpaired) electrons. The van der Waals surface area contributed by atoms with Gasteiger partial charge in [-0.3, -0.25) is 0 Å². The Bertz CT molecular complexity index is 222. The normalized spacial score (nSPS) is 24.5. The molecule has 0 aliphatic carbocycles. The Morgan fingerprint density at radius 1 is 1.41 bits per heavy atom. The first kappa shape index (κ1) is 14.9. The number of rotatable bonds is 5. The van der Waals surface area contributed by atoms with Gasteiger partial charge in [0.1, 0.15) is 0 Å². The van der Waals surface area contributed by atoms with E-state index in [0.717, 1.165) is 19.0 Å². The van der Waals surface area contributed by atoms with E-state index in [1.54, 1.807) is 0 Å². The molecule has 0 amide bonds. The van der Waals surface area contributed by atoms with Crippen LogP contribution in [-0.4, -0.2) is 55.6 Å². The van der Waals surface area contributed by atoms with Crippen molar-refractivity contribution in [2.24, 2.45) is 11.1 Å². The average Bonchev–Trinajstić information content (AvgIpc) is 2.59. The van der Waals surface area contributed by atoms with Crippen LogP contribution in [0.15, 0.2) is 0 Å². The molecular formula is C14H31N3. The van der Waals surface area contributed by atoms with Crippen LogP contribution in [0.25, 0.3) is 0 Å². The minimum Gasteiger partial charge on any atom is -0.327 e. The Hall–Kier alpha value is -0.120. The van der Waals surface area contributed by atoms with Crippen LogP contribution in [0.4, 0.5) is 0 Å². The topological polar surface area (TPSA) is 32.5 Å². The van der Waals surface area contributed by atoms with E-state index in [1.165, 1.54) is 25.9 Å². The molecule has 102 valence electrons. The predicted molar refractivity (Wildman–Crippen MR) is 75.2 cm³/mol. The van der Waals surface area contributed by atoms with Crippen molar-refractivity contribution in [3.8, 4) is 0 Å². The molecule has 0 spiro atoms. The lowest BCUT2D eigenvalue weighted by molar-refractivity contribution is 0.202. The van der Waals surface area contributed by atoms with Gasteiger partial charge in [0, 0.05) is 18.6 Å². The minimum atomic E-state index is 0.227. The van der Waals surface area contributed by atoms with Crippen LogP contribution < -0.4 is 5.73 Å². The predicted octanol–water partition coefficient (Wildman–Crippen LogP) is 1.78. The van der Waals surface area contributed by atoms with Crippen LogP contribution in [0.2, 0.25) is 0 Å². The zero-order chi connectivity index (χ0) is 13.1. The molecule has 0 aromatic carbocycles. The van der Waals surface area contributed by atoms with Gasteiger partial charge < -0.3 is 15.5 Å². The highest BCUT2D eigenvalue weighted by molar-refractivity contribution is 4.81. The fourth-order valence-electron chi connectivity index (χ4n) is 2.45. The highest BCUT2D eigenvalue weighted by Gasteiger charge is 2.23.